The Labute approximate surface area is 84.9 Å². The molecule has 0 aromatic heterocycles. The van der Waals surface area contributed by atoms with Crippen molar-refractivity contribution in [3.8, 4) is 0 Å². The van der Waals surface area contributed by atoms with Gasteiger partial charge in [-0.25, -0.2) is 4.79 Å². The van der Waals surface area contributed by atoms with Crippen LogP contribution in [0.2, 0.25) is 0 Å². The number of methoxy groups -OCH3 is 1. The standard InChI is InChI=1S/C11H13NO2.H2/c1-4-8-7-9(11(13)14-3)5-6-10(8)12-2;/h4-7,12H,1H2,2-3H3;1H. The molecule has 0 atom stereocenters. The predicted molar refractivity (Wildman–Crippen MR) is 59.5 cm³/mol. The van der Waals surface area contributed by atoms with Crippen molar-refractivity contribution in [1.82, 2.24) is 0 Å². The van der Waals surface area contributed by atoms with Gasteiger partial charge >= 0.3 is 5.97 Å². The van der Waals surface area contributed by atoms with Crippen molar-refractivity contribution in [3.63, 3.8) is 0 Å². The van der Waals surface area contributed by atoms with Crippen LogP contribution in [-0.4, -0.2) is 20.1 Å². The van der Waals surface area contributed by atoms with E-state index in [9.17, 15) is 4.79 Å². The minimum Gasteiger partial charge on any atom is -0.465 e. The van der Waals surface area contributed by atoms with Gasteiger partial charge in [-0.2, -0.15) is 0 Å². The van der Waals surface area contributed by atoms with Crippen molar-refractivity contribution in [1.29, 1.82) is 0 Å². The number of anilines is 1. The maximum atomic E-state index is 11.2. The topological polar surface area (TPSA) is 38.3 Å². The highest BCUT2D eigenvalue weighted by molar-refractivity contribution is 5.91. The van der Waals surface area contributed by atoms with Crippen LogP contribution in [0.1, 0.15) is 17.3 Å². The van der Waals surface area contributed by atoms with E-state index in [4.69, 9.17) is 0 Å². The van der Waals surface area contributed by atoms with Gasteiger partial charge in [-0.05, 0) is 23.8 Å². The fourth-order valence-electron chi connectivity index (χ4n) is 1.20. The summed E-state index contributed by atoms with van der Waals surface area (Å²) in [6.07, 6.45) is 1.69. The van der Waals surface area contributed by atoms with Crippen LogP contribution in [0.25, 0.3) is 6.08 Å². The minimum absolute atomic E-state index is 0. The second-order valence-electron chi connectivity index (χ2n) is 2.75. The van der Waals surface area contributed by atoms with Gasteiger partial charge in [-0.3, -0.25) is 0 Å². The minimum atomic E-state index is -0.337. The van der Waals surface area contributed by atoms with E-state index in [1.54, 1.807) is 18.2 Å². The number of hydrogen-bond donors (Lipinski definition) is 1. The molecule has 0 spiro atoms. The molecular weight excluding hydrogens is 178 g/mol. The molecular formula is C11H15NO2. The molecule has 0 radical (unpaired) electrons. The molecule has 3 nitrogen and oxygen atoms in total. The number of hydrogen-bond acceptors (Lipinski definition) is 3. The summed E-state index contributed by atoms with van der Waals surface area (Å²) in [5.41, 5.74) is 2.35. The molecule has 3 heteroatoms. The molecule has 14 heavy (non-hydrogen) atoms. The first-order valence-electron chi connectivity index (χ1n) is 4.25. The number of benzene rings is 1. The summed E-state index contributed by atoms with van der Waals surface area (Å²) in [6, 6.07) is 5.28. The van der Waals surface area contributed by atoms with Gasteiger partial charge in [-0.15, -0.1) is 0 Å². The van der Waals surface area contributed by atoms with Gasteiger partial charge in [-0.1, -0.05) is 12.7 Å². The molecule has 1 aromatic rings. The largest absolute Gasteiger partial charge is 0.465 e. The molecule has 0 aliphatic rings. The Morgan fingerprint density at radius 2 is 2.36 bits per heavy atom. The molecule has 0 bridgehead atoms. The first-order valence-corrected chi connectivity index (χ1v) is 4.25. The fraction of sp³-hybridized carbons (Fsp3) is 0.182. The summed E-state index contributed by atoms with van der Waals surface area (Å²) in [5, 5.41) is 3.01. The van der Waals surface area contributed by atoms with Crippen LogP contribution in [-0.2, 0) is 4.74 Å². The second kappa shape index (κ2) is 4.46. The fourth-order valence-corrected chi connectivity index (χ4v) is 1.20. The first kappa shape index (κ1) is 10.3. The zero-order valence-electron chi connectivity index (χ0n) is 8.33. The first-order chi connectivity index (χ1) is 6.72. The number of carbonyl (C=O) groups is 1. The van der Waals surface area contributed by atoms with Crippen LogP contribution in [0, 0.1) is 0 Å². The van der Waals surface area contributed by atoms with E-state index in [2.05, 4.69) is 16.6 Å². The third-order valence-corrected chi connectivity index (χ3v) is 1.96. The Morgan fingerprint density at radius 3 is 2.86 bits per heavy atom. The van der Waals surface area contributed by atoms with Gasteiger partial charge in [0.1, 0.15) is 0 Å². The number of carbonyl (C=O) groups excluding carboxylic acids is 1. The van der Waals surface area contributed by atoms with Crippen LogP contribution in [0.15, 0.2) is 24.8 Å². The third-order valence-electron chi connectivity index (χ3n) is 1.96. The van der Waals surface area contributed by atoms with Crippen molar-refractivity contribution >= 4 is 17.7 Å². The molecule has 0 amide bonds. The molecule has 0 fully saturated rings. The van der Waals surface area contributed by atoms with E-state index in [-0.39, 0.29) is 7.40 Å². The Kier molecular flexibility index (Phi) is 3.29. The lowest BCUT2D eigenvalue weighted by Crippen LogP contribution is -2.02. The van der Waals surface area contributed by atoms with Crippen molar-refractivity contribution in [2.24, 2.45) is 0 Å². The van der Waals surface area contributed by atoms with E-state index < -0.39 is 0 Å². The van der Waals surface area contributed by atoms with Crippen molar-refractivity contribution in [2.75, 3.05) is 19.5 Å². The summed E-state index contributed by atoms with van der Waals surface area (Å²) < 4.78 is 4.62. The summed E-state index contributed by atoms with van der Waals surface area (Å²) >= 11 is 0. The van der Waals surface area contributed by atoms with Crippen LogP contribution < -0.4 is 5.32 Å². The Morgan fingerprint density at radius 1 is 1.64 bits per heavy atom. The zero-order valence-corrected chi connectivity index (χ0v) is 8.33. The summed E-state index contributed by atoms with van der Waals surface area (Å²) in [7, 11) is 3.18. The average Bonchev–Trinajstić information content (AvgIpc) is 2.26. The number of esters is 1. The molecule has 1 rings (SSSR count). The monoisotopic (exact) mass is 193 g/mol. The maximum Gasteiger partial charge on any atom is 0.337 e. The Bertz CT molecular complexity index is 364. The smallest absolute Gasteiger partial charge is 0.337 e. The van der Waals surface area contributed by atoms with E-state index in [0.717, 1.165) is 11.3 Å². The van der Waals surface area contributed by atoms with Crippen LogP contribution in [0.4, 0.5) is 5.69 Å². The van der Waals surface area contributed by atoms with Gasteiger partial charge < -0.3 is 10.1 Å². The van der Waals surface area contributed by atoms with E-state index in [1.165, 1.54) is 7.11 Å². The molecule has 0 heterocycles. The molecule has 1 N–H and O–H groups in total. The molecule has 76 valence electrons. The van der Waals surface area contributed by atoms with Crippen molar-refractivity contribution in [2.45, 2.75) is 0 Å². The molecule has 0 aliphatic carbocycles. The van der Waals surface area contributed by atoms with Crippen LogP contribution >= 0.6 is 0 Å². The number of nitrogens with one attached hydrogen (secondary N) is 1. The molecule has 1 aromatic carbocycles. The lowest BCUT2D eigenvalue weighted by molar-refractivity contribution is 0.0601. The molecule has 0 unspecified atom stereocenters. The summed E-state index contributed by atoms with van der Waals surface area (Å²) in [5.74, 6) is -0.337. The zero-order chi connectivity index (χ0) is 10.6. The normalized spacial score (nSPS) is 9.29. The molecule has 0 saturated heterocycles. The maximum absolute atomic E-state index is 11.2. The molecule has 0 saturated carbocycles. The highest BCUT2D eigenvalue weighted by atomic mass is 16.5. The summed E-state index contributed by atoms with van der Waals surface area (Å²) in [6.45, 7) is 3.67. The van der Waals surface area contributed by atoms with E-state index in [0.29, 0.717) is 5.56 Å². The van der Waals surface area contributed by atoms with Crippen molar-refractivity contribution < 1.29 is 11.0 Å². The van der Waals surface area contributed by atoms with Crippen LogP contribution in [0.5, 0.6) is 0 Å². The van der Waals surface area contributed by atoms with Gasteiger partial charge in [0.05, 0.1) is 12.7 Å². The quantitative estimate of drug-likeness (QED) is 0.749. The van der Waals surface area contributed by atoms with Gasteiger partial charge in [0, 0.05) is 14.2 Å². The number of ether oxygens (including phenoxy) is 1. The SMILES string of the molecule is C=Cc1cc(C(=O)OC)ccc1NC.[HH]. The van der Waals surface area contributed by atoms with Crippen LogP contribution in [0.3, 0.4) is 0 Å². The average molecular weight is 193 g/mol. The van der Waals surface area contributed by atoms with E-state index >= 15 is 0 Å². The van der Waals surface area contributed by atoms with Crippen molar-refractivity contribution in [3.05, 3.63) is 35.9 Å². The highest BCUT2D eigenvalue weighted by Crippen LogP contribution is 2.18. The lowest BCUT2D eigenvalue weighted by atomic mass is 10.1. The second-order valence-corrected chi connectivity index (χ2v) is 2.75. The lowest BCUT2D eigenvalue weighted by Gasteiger charge is -2.06. The Balaban J connectivity index is 0.00000196. The summed E-state index contributed by atoms with van der Waals surface area (Å²) in [4.78, 5) is 11.2. The van der Waals surface area contributed by atoms with E-state index in [1.807, 2.05) is 13.1 Å². The third kappa shape index (κ3) is 1.93. The number of rotatable bonds is 3. The highest BCUT2D eigenvalue weighted by Gasteiger charge is 2.06. The Hall–Kier alpha value is -1.77. The van der Waals surface area contributed by atoms with Gasteiger partial charge in [0.15, 0.2) is 0 Å². The predicted octanol–water partition coefficient (Wildman–Crippen LogP) is 2.40. The van der Waals surface area contributed by atoms with Gasteiger partial charge in [0.25, 0.3) is 0 Å². The molecule has 0 aliphatic heterocycles. The van der Waals surface area contributed by atoms with Gasteiger partial charge in [0.2, 0.25) is 0 Å².